The van der Waals surface area contributed by atoms with Crippen LogP contribution in [0.15, 0.2) is 18.2 Å². The lowest BCUT2D eigenvalue weighted by atomic mass is 10.0. The maximum absolute atomic E-state index is 6.26. The van der Waals surface area contributed by atoms with Crippen LogP contribution in [0, 0.1) is 5.92 Å². The molecule has 2 atom stereocenters. The first kappa shape index (κ1) is 15.1. The van der Waals surface area contributed by atoms with Crippen molar-refractivity contribution in [3.05, 3.63) is 33.8 Å². The first-order valence-corrected chi connectivity index (χ1v) is 7.79. The summed E-state index contributed by atoms with van der Waals surface area (Å²) in [5.74, 6) is 0.623. The highest BCUT2D eigenvalue weighted by Gasteiger charge is 2.30. The lowest BCUT2D eigenvalue weighted by Gasteiger charge is -2.32. The van der Waals surface area contributed by atoms with Gasteiger partial charge in [-0.3, -0.25) is 4.90 Å². The molecule has 1 aliphatic carbocycles. The number of hydrogen-bond acceptors (Lipinski definition) is 2. The van der Waals surface area contributed by atoms with Crippen molar-refractivity contribution in [2.75, 3.05) is 13.1 Å². The van der Waals surface area contributed by atoms with Crippen molar-refractivity contribution in [1.29, 1.82) is 0 Å². The lowest BCUT2D eigenvalue weighted by Crippen LogP contribution is -2.39. The Hall–Kier alpha value is -0.280. The Morgan fingerprint density at radius 1 is 1.32 bits per heavy atom. The third-order valence-corrected chi connectivity index (χ3v) is 4.78. The fourth-order valence-corrected chi connectivity index (χ4v) is 3.49. The lowest BCUT2D eigenvalue weighted by molar-refractivity contribution is 0.162. The summed E-state index contributed by atoms with van der Waals surface area (Å²) in [4.78, 5) is 2.49. The van der Waals surface area contributed by atoms with Gasteiger partial charge in [0.25, 0.3) is 0 Å². The van der Waals surface area contributed by atoms with Crippen LogP contribution < -0.4 is 5.73 Å². The van der Waals surface area contributed by atoms with Crippen molar-refractivity contribution in [1.82, 2.24) is 4.90 Å². The minimum absolute atomic E-state index is 0.588. The number of hydrogen-bond donors (Lipinski definition) is 1. The molecule has 0 amide bonds. The SMILES string of the molecule is CCN(Cc1cc(Cl)ccc1Cl)C1CCCC1CN. The smallest absolute Gasteiger partial charge is 0.0452 e. The van der Waals surface area contributed by atoms with E-state index in [4.69, 9.17) is 28.9 Å². The number of nitrogens with two attached hydrogens (primary N) is 1. The predicted molar refractivity (Wildman–Crippen MR) is 82.7 cm³/mol. The summed E-state index contributed by atoms with van der Waals surface area (Å²) < 4.78 is 0. The van der Waals surface area contributed by atoms with E-state index in [0.717, 1.165) is 35.2 Å². The van der Waals surface area contributed by atoms with E-state index >= 15 is 0 Å². The molecule has 0 bridgehead atoms. The van der Waals surface area contributed by atoms with Gasteiger partial charge in [-0.15, -0.1) is 0 Å². The van der Waals surface area contributed by atoms with Gasteiger partial charge >= 0.3 is 0 Å². The normalized spacial score (nSPS) is 23.2. The van der Waals surface area contributed by atoms with E-state index in [1.807, 2.05) is 18.2 Å². The summed E-state index contributed by atoms with van der Waals surface area (Å²) in [7, 11) is 0. The molecule has 2 unspecified atom stereocenters. The largest absolute Gasteiger partial charge is 0.330 e. The minimum Gasteiger partial charge on any atom is -0.330 e. The molecule has 0 spiro atoms. The third kappa shape index (κ3) is 3.63. The summed E-state index contributed by atoms with van der Waals surface area (Å²) in [5.41, 5.74) is 7.00. The summed E-state index contributed by atoms with van der Waals surface area (Å²) >= 11 is 12.3. The molecule has 4 heteroatoms. The zero-order valence-corrected chi connectivity index (χ0v) is 12.9. The van der Waals surface area contributed by atoms with E-state index in [-0.39, 0.29) is 0 Å². The molecule has 0 saturated heterocycles. The molecule has 19 heavy (non-hydrogen) atoms. The summed E-state index contributed by atoms with van der Waals surface area (Å²) in [5, 5.41) is 1.54. The van der Waals surface area contributed by atoms with Gasteiger partial charge in [0.15, 0.2) is 0 Å². The van der Waals surface area contributed by atoms with Gasteiger partial charge in [0.05, 0.1) is 0 Å². The maximum Gasteiger partial charge on any atom is 0.0452 e. The van der Waals surface area contributed by atoms with Gasteiger partial charge in [0.1, 0.15) is 0 Å². The Balaban J connectivity index is 2.12. The Morgan fingerprint density at radius 3 is 2.79 bits per heavy atom. The van der Waals surface area contributed by atoms with Crippen LogP contribution in [0.25, 0.3) is 0 Å². The molecular formula is C15H22Cl2N2. The number of benzene rings is 1. The molecule has 2 rings (SSSR count). The predicted octanol–water partition coefficient (Wildman–Crippen LogP) is 3.94. The van der Waals surface area contributed by atoms with Crippen LogP contribution in [0.1, 0.15) is 31.7 Å². The quantitative estimate of drug-likeness (QED) is 0.892. The molecule has 1 saturated carbocycles. The van der Waals surface area contributed by atoms with Gasteiger partial charge in [-0.05, 0) is 55.6 Å². The van der Waals surface area contributed by atoms with E-state index in [1.54, 1.807) is 0 Å². The first-order valence-electron chi connectivity index (χ1n) is 7.03. The topological polar surface area (TPSA) is 29.3 Å². The fourth-order valence-electron chi connectivity index (χ4n) is 3.12. The van der Waals surface area contributed by atoms with Gasteiger partial charge in [-0.2, -0.15) is 0 Å². The van der Waals surface area contributed by atoms with E-state index in [9.17, 15) is 0 Å². The Bertz CT molecular complexity index is 423. The molecule has 0 heterocycles. The second-order valence-electron chi connectivity index (χ2n) is 5.29. The van der Waals surface area contributed by atoms with Crippen molar-refractivity contribution in [2.45, 2.75) is 38.8 Å². The minimum atomic E-state index is 0.588. The average Bonchev–Trinajstić information content (AvgIpc) is 2.88. The first-order chi connectivity index (χ1) is 9.15. The number of nitrogens with zero attached hydrogens (tertiary/aromatic N) is 1. The maximum atomic E-state index is 6.26. The second-order valence-corrected chi connectivity index (χ2v) is 6.14. The Kier molecular flexibility index (Phi) is 5.52. The van der Waals surface area contributed by atoms with Crippen LogP contribution in [-0.2, 0) is 6.54 Å². The molecule has 2 N–H and O–H groups in total. The van der Waals surface area contributed by atoms with Gasteiger partial charge in [-0.25, -0.2) is 0 Å². The average molecular weight is 301 g/mol. The molecule has 0 aliphatic heterocycles. The standard InChI is InChI=1S/C15H22Cl2N2/c1-2-19(15-5-3-4-11(15)9-18)10-12-8-13(16)6-7-14(12)17/h6-8,11,15H,2-5,9-10,18H2,1H3. The van der Waals surface area contributed by atoms with Crippen LogP contribution in [-0.4, -0.2) is 24.0 Å². The molecule has 2 nitrogen and oxygen atoms in total. The van der Waals surface area contributed by atoms with Crippen LogP contribution in [0.3, 0.4) is 0 Å². The highest BCUT2D eigenvalue weighted by molar-refractivity contribution is 6.33. The van der Waals surface area contributed by atoms with Crippen LogP contribution in [0.4, 0.5) is 0 Å². The summed E-state index contributed by atoms with van der Waals surface area (Å²) in [6.07, 6.45) is 3.78. The monoisotopic (exact) mass is 300 g/mol. The number of halogens is 2. The van der Waals surface area contributed by atoms with Crippen molar-refractivity contribution in [2.24, 2.45) is 11.7 Å². The van der Waals surface area contributed by atoms with E-state index < -0.39 is 0 Å². The van der Waals surface area contributed by atoms with Crippen molar-refractivity contribution < 1.29 is 0 Å². The Labute approximate surface area is 125 Å². The van der Waals surface area contributed by atoms with Crippen molar-refractivity contribution in [3.8, 4) is 0 Å². The summed E-state index contributed by atoms with van der Waals surface area (Å²) in [6, 6.07) is 6.27. The van der Waals surface area contributed by atoms with Crippen LogP contribution in [0.5, 0.6) is 0 Å². The van der Waals surface area contributed by atoms with Gasteiger partial charge in [0.2, 0.25) is 0 Å². The van der Waals surface area contributed by atoms with E-state index in [1.165, 1.54) is 19.3 Å². The third-order valence-electron chi connectivity index (χ3n) is 4.18. The van der Waals surface area contributed by atoms with Gasteiger partial charge in [-0.1, -0.05) is 36.5 Å². The molecule has 0 aromatic heterocycles. The van der Waals surface area contributed by atoms with Crippen LogP contribution in [0.2, 0.25) is 10.0 Å². The van der Waals surface area contributed by atoms with Crippen molar-refractivity contribution >= 4 is 23.2 Å². The highest BCUT2D eigenvalue weighted by atomic mass is 35.5. The molecule has 0 radical (unpaired) electrons. The van der Waals surface area contributed by atoms with E-state index in [2.05, 4.69) is 11.8 Å². The second kappa shape index (κ2) is 6.94. The zero-order chi connectivity index (χ0) is 13.8. The molecule has 1 aliphatic rings. The van der Waals surface area contributed by atoms with E-state index in [0.29, 0.717) is 12.0 Å². The molecule has 1 fully saturated rings. The fraction of sp³-hybridized carbons (Fsp3) is 0.600. The number of rotatable bonds is 5. The zero-order valence-electron chi connectivity index (χ0n) is 11.4. The highest BCUT2D eigenvalue weighted by Crippen LogP contribution is 2.31. The molecule has 1 aromatic carbocycles. The molecule has 1 aromatic rings. The van der Waals surface area contributed by atoms with Gasteiger partial charge in [0, 0.05) is 22.6 Å². The Morgan fingerprint density at radius 2 is 2.11 bits per heavy atom. The van der Waals surface area contributed by atoms with Crippen molar-refractivity contribution in [3.63, 3.8) is 0 Å². The molecular weight excluding hydrogens is 279 g/mol. The molecule has 106 valence electrons. The van der Waals surface area contributed by atoms with Gasteiger partial charge < -0.3 is 5.73 Å². The van der Waals surface area contributed by atoms with Crippen LogP contribution >= 0.6 is 23.2 Å². The summed E-state index contributed by atoms with van der Waals surface area (Å²) in [6.45, 7) is 4.86.